The first kappa shape index (κ1) is 29.6. The molecule has 1 aromatic heterocycles. The SMILES string of the molecule is C[C@H]1[C@@H](CSc2ncn[nH]2)O[C@@H](c2cccc(NC(=O)c3c(F)c(F)c(F)c(F)c3F)c2)O[C@H]1c1ccc(CO)cc1. The standard InChI is InChI=1S/C28H23F5N4O4S/c1-13-18(11-42-28-34-12-35-37-28)40-27(41-25(13)15-7-5-14(10-38)6-8-15)16-3-2-4-17(9-16)36-26(39)19-20(29)22(31)24(33)23(32)21(19)30/h2-9,12-13,18,25,27,38H,10-11H2,1H3,(H,36,39)(H,34,35,37)/t13-,18+,25+,27+/m0/s1. The number of rotatable bonds is 8. The molecule has 0 radical (unpaired) electrons. The second kappa shape index (κ2) is 12.6. The van der Waals surface area contributed by atoms with Gasteiger partial charge in [0.15, 0.2) is 34.7 Å². The van der Waals surface area contributed by atoms with Crippen LogP contribution in [0.25, 0.3) is 0 Å². The van der Waals surface area contributed by atoms with E-state index in [1.807, 2.05) is 19.1 Å². The third kappa shape index (κ3) is 6.02. The van der Waals surface area contributed by atoms with Gasteiger partial charge in [-0.25, -0.2) is 26.9 Å². The molecule has 0 unspecified atom stereocenters. The Hall–Kier alpha value is -3.85. The maximum Gasteiger partial charge on any atom is 0.261 e. The molecule has 2 heterocycles. The number of nitrogens with zero attached hydrogens (tertiary/aromatic N) is 2. The van der Waals surface area contributed by atoms with Gasteiger partial charge in [0.2, 0.25) is 5.82 Å². The number of halogens is 5. The Morgan fingerprint density at radius 3 is 2.31 bits per heavy atom. The summed E-state index contributed by atoms with van der Waals surface area (Å²) in [4.78, 5) is 16.7. The van der Waals surface area contributed by atoms with Crippen LogP contribution in [0.1, 0.15) is 46.4 Å². The van der Waals surface area contributed by atoms with Crippen LogP contribution in [0, 0.1) is 35.0 Å². The Bertz CT molecular complexity index is 1550. The summed E-state index contributed by atoms with van der Waals surface area (Å²) in [5.41, 5.74) is 0.377. The zero-order chi connectivity index (χ0) is 30.0. The Balaban J connectivity index is 1.41. The van der Waals surface area contributed by atoms with Crippen molar-refractivity contribution in [1.29, 1.82) is 0 Å². The fourth-order valence-corrected chi connectivity index (χ4v) is 5.44. The van der Waals surface area contributed by atoms with Gasteiger partial charge < -0.3 is 19.9 Å². The summed E-state index contributed by atoms with van der Waals surface area (Å²) in [5, 5.41) is 18.8. The van der Waals surface area contributed by atoms with Crippen molar-refractivity contribution >= 4 is 23.4 Å². The second-order valence-electron chi connectivity index (χ2n) is 9.45. The Morgan fingerprint density at radius 2 is 1.67 bits per heavy atom. The van der Waals surface area contributed by atoms with Crippen LogP contribution < -0.4 is 5.32 Å². The first-order valence-electron chi connectivity index (χ1n) is 12.6. The number of aromatic nitrogens is 3. The number of carbonyl (C=O) groups excluding carboxylic acids is 1. The number of hydrogen-bond donors (Lipinski definition) is 3. The first-order valence-corrected chi connectivity index (χ1v) is 13.6. The molecule has 3 aromatic carbocycles. The molecular formula is C28H23F5N4O4S. The molecule has 220 valence electrons. The van der Waals surface area contributed by atoms with Crippen molar-refractivity contribution < 1.29 is 41.3 Å². The van der Waals surface area contributed by atoms with Gasteiger partial charge in [-0.05, 0) is 23.3 Å². The lowest BCUT2D eigenvalue weighted by Gasteiger charge is -2.41. The lowest BCUT2D eigenvalue weighted by molar-refractivity contribution is -0.268. The van der Waals surface area contributed by atoms with E-state index >= 15 is 0 Å². The summed E-state index contributed by atoms with van der Waals surface area (Å²) in [6.07, 6.45) is -0.400. The number of nitrogens with one attached hydrogen (secondary N) is 2. The van der Waals surface area contributed by atoms with Gasteiger partial charge >= 0.3 is 0 Å². The van der Waals surface area contributed by atoms with Crippen molar-refractivity contribution in [2.24, 2.45) is 5.92 Å². The molecule has 14 heteroatoms. The fraction of sp³-hybridized carbons (Fsp3) is 0.250. The molecule has 5 rings (SSSR count). The van der Waals surface area contributed by atoms with Crippen LogP contribution in [0.15, 0.2) is 60.0 Å². The van der Waals surface area contributed by atoms with E-state index in [0.717, 1.165) is 11.1 Å². The summed E-state index contributed by atoms with van der Waals surface area (Å²) >= 11 is 1.39. The maximum atomic E-state index is 14.2. The predicted octanol–water partition coefficient (Wildman–Crippen LogP) is 5.83. The van der Waals surface area contributed by atoms with Crippen molar-refractivity contribution in [2.45, 2.75) is 37.2 Å². The lowest BCUT2D eigenvalue weighted by atomic mass is 9.91. The van der Waals surface area contributed by atoms with E-state index in [1.54, 1.807) is 18.2 Å². The van der Waals surface area contributed by atoms with Crippen LogP contribution in [-0.2, 0) is 16.1 Å². The lowest BCUT2D eigenvalue weighted by Crippen LogP contribution is -2.38. The molecule has 0 bridgehead atoms. The number of ether oxygens (including phenoxy) is 2. The molecular weight excluding hydrogens is 583 g/mol. The van der Waals surface area contributed by atoms with E-state index in [1.165, 1.54) is 36.3 Å². The number of carbonyl (C=O) groups is 1. The average Bonchev–Trinajstić information content (AvgIpc) is 3.53. The minimum Gasteiger partial charge on any atom is -0.392 e. The molecule has 0 spiro atoms. The summed E-state index contributed by atoms with van der Waals surface area (Å²) in [6.45, 7) is 1.85. The molecule has 1 amide bonds. The van der Waals surface area contributed by atoms with E-state index in [0.29, 0.717) is 16.5 Å². The minimum absolute atomic E-state index is 0.00342. The van der Waals surface area contributed by atoms with Crippen LogP contribution in [0.2, 0.25) is 0 Å². The summed E-state index contributed by atoms with van der Waals surface area (Å²) in [7, 11) is 0. The van der Waals surface area contributed by atoms with Gasteiger partial charge in [-0.1, -0.05) is 55.1 Å². The van der Waals surface area contributed by atoms with Gasteiger partial charge in [-0.3, -0.25) is 9.89 Å². The number of thioether (sulfide) groups is 1. The number of benzene rings is 3. The van der Waals surface area contributed by atoms with Crippen LogP contribution in [0.5, 0.6) is 0 Å². The van der Waals surface area contributed by atoms with Gasteiger partial charge in [-0.2, -0.15) is 5.10 Å². The number of hydrogen-bond acceptors (Lipinski definition) is 7. The van der Waals surface area contributed by atoms with Crippen LogP contribution >= 0.6 is 11.8 Å². The van der Waals surface area contributed by atoms with Crippen molar-refractivity contribution in [2.75, 3.05) is 11.1 Å². The highest BCUT2D eigenvalue weighted by Crippen LogP contribution is 2.43. The number of aliphatic hydroxyl groups excluding tert-OH is 1. The molecule has 0 saturated carbocycles. The molecule has 3 N–H and O–H groups in total. The third-order valence-corrected chi connectivity index (χ3v) is 7.72. The van der Waals surface area contributed by atoms with Gasteiger partial charge in [-0.15, -0.1) is 0 Å². The van der Waals surface area contributed by atoms with Gasteiger partial charge in [0, 0.05) is 22.9 Å². The Kier molecular flexibility index (Phi) is 8.87. The summed E-state index contributed by atoms with van der Waals surface area (Å²) < 4.78 is 81.7. The zero-order valence-electron chi connectivity index (χ0n) is 21.8. The highest BCUT2D eigenvalue weighted by atomic mass is 32.2. The zero-order valence-corrected chi connectivity index (χ0v) is 22.6. The van der Waals surface area contributed by atoms with E-state index in [-0.39, 0.29) is 24.3 Å². The predicted molar refractivity (Wildman–Crippen MR) is 141 cm³/mol. The van der Waals surface area contributed by atoms with Gasteiger partial charge in [0.25, 0.3) is 5.91 Å². The van der Waals surface area contributed by atoms with Crippen LogP contribution in [0.3, 0.4) is 0 Å². The number of aliphatic hydroxyl groups is 1. The van der Waals surface area contributed by atoms with E-state index < -0.39 is 53.0 Å². The Morgan fingerprint density at radius 1 is 0.976 bits per heavy atom. The van der Waals surface area contributed by atoms with E-state index in [9.17, 15) is 31.9 Å². The molecule has 4 atom stereocenters. The molecule has 1 aliphatic rings. The maximum absolute atomic E-state index is 14.2. The second-order valence-corrected chi connectivity index (χ2v) is 10.5. The van der Waals surface area contributed by atoms with Crippen molar-refractivity contribution in [3.63, 3.8) is 0 Å². The average molecular weight is 607 g/mol. The van der Waals surface area contributed by atoms with Gasteiger partial charge in [0.1, 0.15) is 11.9 Å². The van der Waals surface area contributed by atoms with Crippen LogP contribution in [-0.4, -0.2) is 38.1 Å². The molecule has 0 aliphatic carbocycles. The van der Waals surface area contributed by atoms with Gasteiger partial charge in [0.05, 0.1) is 18.8 Å². The smallest absolute Gasteiger partial charge is 0.261 e. The Labute approximate surface area is 240 Å². The van der Waals surface area contributed by atoms with Crippen molar-refractivity contribution in [3.05, 3.63) is 106 Å². The van der Waals surface area contributed by atoms with Crippen molar-refractivity contribution in [1.82, 2.24) is 15.2 Å². The third-order valence-electron chi connectivity index (χ3n) is 6.75. The quantitative estimate of drug-likeness (QED) is 0.100. The molecule has 1 fully saturated rings. The fourth-order valence-electron chi connectivity index (χ4n) is 4.50. The first-order chi connectivity index (χ1) is 20.2. The highest BCUT2D eigenvalue weighted by Gasteiger charge is 2.38. The monoisotopic (exact) mass is 606 g/mol. The largest absolute Gasteiger partial charge is 0.392 e. The van der Waals surface area contributed by atoms with Crippen LogP contribution in [0.4, 0.5) is 27.6 Å². The number of H-pyrrole nitrogens is 1. The molecule has 8 nitrogen and oxygen atoms in total. The van der Waals surface area contributed by atoms with Crippen molar-refractivity contribution in [3.8, 4) is 0 Å². The minimum atomic E-state index is -2.36. The molecule has 4 aromatic rings. The summed E-state index contributed by atoms with van der Waals surface area (Å²) in [6, 6.07) is 13.2. The van der Waals surface area contributed by atoms with E-state index in [2.05, 4.69) is 20.5 Å². The molecule has 42 heavy (non-hydrogen) atoms. The molecule has 1 aliphatic heterocycles. The van der Waals surface area contributed by atoms with E-state index in [4.69, 9.17) is 9.47 Å². The highest BCUT2D eigenvalue weighted by molar-refractivity contribution is 7.99. The summed E-state index contributed by atoms with van der Waals surface area (Å²) in [5.74, 6) is -12.5. The topological polar surface area (TPSA) is 109 Å². The number of aromatic amines is 1. The number of anilines is 1. The molecule has 1 saturated heterocycles. The normalized spacial score (nSPS) is 20.5. The number of amides is 1.